The Morgan fingerprint density at radius 3 is 1.11 bits per heavy atom. The van der Waals surface area contributed by atoms with E-state index in [2.05, 4.69) is 149 Å². The Morgan fingerprint density at radius 2 is 0.754 bits per heavy atom. The molecule has 10 heteroatoms. The molecule has 0 fully saturated rings. The molecule has 57 heavy (non-hydrogen) atoms. The van der Waals surface area contributed by atoms with E-state index in [9.17, 15) is 0 Å². The van der Waals surface area contributed by atoms with Crippen molar-refractivity contribution in [3.63, 3.8) is 0 Å². The Balaban J connectivity index is 0.00000422. The third kappa shape index (κ3) is 7.13. The van der Waals surface area contributed by atoms with Crippen molar-refractivity contribution in [3.8, 4) is 44.5 Å². The van der Waals surface area contributed by atoms with Gasteiger partial charge in [-0.25, -0.2) is 14.5 Å². The Hall–Kier alpha value is -6.37. The number of nitrogens with zero attached hydrogens (tertiary/aromatic N) is 6. The van der Waals surface area contributed by atoms with Crippen LogP contribution in [-0.2, 0) is 6.54 Å². The highest BCUT2D eigenvalue weighted by Gasteiger charge is 2.19. The predicted molar refractivity (Wildman–Crippen MR) is 232 cm³/mol. The molecule has 8 aromatic rings. The van der Waals surface area contributed by atoms with E-state index in [1.807, 2.05) is 73.6 Å². The SMILES string of the molecule is Ic1ccc(C[n+]2ccc(-c3c4nc(c(-c5ccncc5)c5ccc([nH]5)c(-c5ccncc5)c5nc(c(-c6ccncc6)c6ccc3[nH]6)C=C5)C=C4)cc2)cc1.[Br-]. The molecule has 2 aliphatic rings. The van der Waals surface area contributed by atoms with Gasteiger partial charge in [0.05, 0.1) is 22.8 Å². The van der Waals surface area contributed by atoms with Crippen molar-refractivity contribution >= 4 is 69.0 Å². The average Bonchev–Trinajstić information content (AvgIpc) is 4.09. The van der Waals surface area contributed by atoms with Crippen LogP contribution in [0.3, 0.4) is 0 Å². The van der Waals surface area contributed by atoms with Crippen molar-refractivity contribution in [2.75, 3.05) is 0 Å². The lowest BCUT2D eigenvalue weighted by Gasteiger charge is -2.06. The lowest BCUT2D eigenvalue weighted by atomic mass is 10.0. The van der Waals surface area contributed by atoms with Gasteiger partial charge in [-0.15, -0.1) is 0 Å². The Morgan fingerprint density at radius 1 is 0.421 bits per heavy atom. The summed E-state index contributed by atoms with van der Waals surface area (Å²) in [5.74, 6) is 0. The van der Waals surface area contributed by atoms with E-state index in [-0.39, 0.29) is 17.0 Å². The second kappa shape index (κ2) is 15.6. The number of aromatic amines is 2. The summed E-state index contributed by atoms with van der Waals surface area (Å²) < 4.78 is 3.43. The highest BCUT2D eigenvalue weighted by Crippen LogP contribution is 2.38. The summed E-state index contributed by atoms with van der Waals surface area (Å²) in [4.78, 5) is 31.3. The number of benzene rings is 1. The second-order valence-electron chi connectivity index (χ2n) is 13.6. The monoisotopic (exact) mass is 914 g/mol. The van der Waals surface area contributed by atoms with Crippen LogP contribution in [0.4, 0.5) is 0 Å². The maximum Gasteiger partial charge on any atom is 0.173 e. The van der Waals surface area contributed by atoms with Gasteiger partial charge in [-0.1, -0.05) is 12.1 Å². The second-order valence-corrected chi connectivity index (χ2v) is 14.8. The van der Waals surface area contributed by atoms with E-state index in [4.69, 9.17) is 9.97 Å². The molecular weight excluding hydrogens is 883 g/mol. The van der Waals surface area contributed by atoms with E-state index in [1.165, 1.54) is 9.13 Å². The number of pyridine rings is 4. The van der Waals surface area contributed by atoms with E-state index in [1.54, 1.807) is 0 Å². The molecule has 0 aliphatic carbocycles. The summed E-state index contributed by atoms with van der Waals surface area (Å²) in [6.07, 6.45) is 23.6. The molecule has 0 unspecified atom stereocenters. The maximum absolute atomic E-state index is 5.40. The zero-order valence-corrected chi connectivity index (χ0v) is 34.1. The summed E-state index contributed by atoms with van der Waals surface area (Å²) in [6, 6.07) is 33.7. The molecule has 0 radical (unpaired) electrons. The van der Waals surface area contributed by atoms with Gasteiger partial charge in [0.25, 0.3) is 0 Å². The van der Waals surface area contributed by atoms with Crippen molar-refractivity contribution < 1.29 is 21.5 Å². The number of hydrogen-bond donors (Lipinski definition) is 2. The van der Waals surface area contributed by atoms with Gasteiger partial charge in [0, 0.05) is 103 Å². The number of aromatic nitrogens is 8. The Labute approximate surface area is 352 Å². The summed E-state index contributed by atoms with van der Waals surface area (Å²) in [7, 11) is 0. The number of hydrogen-bond acceptors (Lipinski definition) is 5. The molecular formula is C47H32BrIN8. The average molecular weight is 916 g/mol. The zero-order valence-electron chi connectivity index (χ0n) is 30.3. The smallest absolute Gasteiger partial charge is 0.173 e. The fourth-order valence-corrected chi connectivity index (χ4v) is 7.87. The molecule has 8 nitrogen and oxygen atoms in total. The van der Waals surface area contributed by atoms with Crippen LogP contribution in [0.25, 0.3) is 90.9 Å². The van der Waals surface area contributed by atoms with Gasteiger partial charge < -0.3 is 26.9 Å². The number of halogens is 2. The molecule has 2 aliphatic heterocycles. The van der Waals surface area contributed by atoms with Crippen LogP contribution in [0.15, 0.2) is 147 Å². The topological polar surface area (TPSA) is 99.9 Å². The zero-order chi connectivity index (χ0) is 37.4. The van der Waals surface area contributed by atoms with E-state index in [0.29, 0.717) is 0 Å². The summed E-state index contributed by atoms with van der Waals surface area (Å²) in [5.41, 5.74) is 16.4. The highest BCUT2D eigenvalue weighted by molar-refractivity contribution is 14.1. The van der Waals surface area contributed by atoms with Gasteiger partial charge in [0.1, 0.15) is 0 Å². The molecule has 0 amide bonds. The van der Waals surface area contributed by atoms with E-state index < -0.39 is 0 Å². The van der Waals surface area contributed by atoms with Crippen molar-refractivity contribution in [2.45, 2.75) is 6.54 Å². The lowest BCUT2D eigenvalue weighted by Crippen LogP contribution is -3.00. The largest absolute Gasteiger partial charge is 1.00 e. The molecule has 10 rings (SSSR count). The van der Waals surface area contributed by atoms with Gasteiger partial charge >= 0.3 is 0 Å². The van der Waals surface area contributed by atoms with Gasteiger partial charge in [0.2, 0.25) is 0 Å². The van der Waals surface area contributed by atoms with Crippen LogP contribution in [0.1, 0.15) is 28.3 Å². The van der Waals surface area contributed by atoms with Crippen molar-refractivity contribution in [1.82, 2.24) is 34.9 Å². The summed E-state index contributed by atoms with van der Waals surface area (Å²) >= 11 is 2.35. The first kappa shape index (κ1) is 36.3. The Kier molecular flexibility index (Phi) is 9.95. The molecule has 0 saturated carbocycles. The number of rotatable bonds is 6. The van der Waals surface area contributed by atoms with E-state index >= 15 is 0 Å². The van der Waals surface area contributed by atoms with Crippen molar-refractivity contribution in [3.05, 3.63) is 179 Å². The number of nitrogens with one attached hydrogen (secondary N) is 2. The fourth-order valence-electron chi connectivity index (χ4n) is 7.51. The molecule has 8 bridgehead atoms. The van der Waals surface area contributed by atoms with Gasteiger partial charge in [-0.05, 0) is 142 Å². The third-order valence-corrected chi connectivity index (χ3v) is 10.8. The molecule has 7 aromatic heterocycles. The fraction of sp³-hybridized carbons (Fsp3) is 0.0213. The molecule has 0 spiro atoms. The Bertz CT molecular complexity index is 2940. The molecule has 2 N–H and O–H groups in total. The molecule has 0 atom stereocenters. The molecule has 274 valence electrons. The van der Waals surface area contributed by atoms with Gasteiger partial charge in [0.15, 0.2) is 18.9 Å². The lowest BCUT2D eigenvalue weighted by molar-refractivity contribution is -0.688. The number of H-pyrrole nitrogens is 2. The van der Waals surface area contributed by atoms with Gasteiger partial charge in [-0.2, -0.15) is 0 Å². The quantitative estimate of drug-likeness (QED) is 0.134. The van der Waals surface area contributed by atoms with Crippen molar-refractivity contribution in [1.29, 1.82) is 0 Å². The van der Waals surface area contributed by atoms with Crippen LogP contribution >= 0.6 is 22.6 Å². The highest BCUT2D eigenvalue weighted by atomic mass is 127. The third-order valence-electron chi connectivity index (χ3n) is 10.1. The molecule has 9 heterocycles. The standard InChI is InChI=1S/C47H31IN8.BrH/c48-35-3-1-30(2-4-35)29-56-27-19-34(20-28-56)47-42-11-9-40(54-42)45(32-15-23-50-24-16-32)38-7-5-36(52-38)44(31-13-21-49-22-14-31)37-6-8-39(53-37)46(33-17-25-51-26-18-33)41-10-12-43(47)55-41;/h1-28H,29H2,(H,52,53,54,55);1H. The first-order valence-corrected chi connectivity index (χ1v) is 19.3. The minimum Gasteiger partial charge on any atom is -1.00 e. The summed E-state index contributed by atoms with van der Waals surface area (Å²) in [5, 5.41) is 0. The molecule has 0 saturated heterocycles. The number of fused-ring (bicyclic) bond motifs is 8. The first-order chi connectivity index (χ1) is 27.6. The normalized spacial score (nSPS) is 11.7. The predicted octanol–water partition coefficient (Wildman–Crippen LogP) is 7.45. The van der Waals surface area contributed by atoms with Crippen LogP contribution in [-0.4, -0.2) is 34.9 Å². The van der Waals surface area contributed by atoms with E-state index in [0.717, 1.165) is 95.9 Å². The minimum absolute atomic E-state index is 0. The van der Waals surface area contributed by atoms with Gasteiger partial charge in [-0.3, -0.25) is 15.0 Å². The van der Waals surface area contributed by atoms with Crippen LogP contribution in [0, 0.1) is 3.57 Å². The maximum atomic E-state index is 5.40. The summed E-state index contributed by atoms with van der Waals surface area (Å²) in [6.45, 7) is 0.777. The first-order valence-electron chi connectivity index (χ1n) is 18.3. The van der Waals surface area contributed by atoms with Crippen LogP contribution in [0.5, 0.6) is 0 Å². The minimum atomic E-state index is 0. The van der Waals surface area contributed by atoms with Crippen molar-refractivity contribution in [2.24, 2.45) is 0 Å². The van der Waals surface area contributed by atoms with Crippen LogP contribution < -0.4 is 21.5 Å². The van der Waals surface area contributed by atoms with Crippen LogP contribution in [0.2, 0.25) is 0 Å². The molecule has 1 aromatic carbocycles.